The summed E-state index contributed by atoms with van der Waals surface area (Å²) in [5.74, 6) is 0.620. The molecule has 1 N–H and O–H groups in total. The predicted octanol–water partition coefficient (Wildman–Crippen LogP) is 1.94. The molecular formula is C15H18N4O. The molecule has 2 aromatic rings. The first-order valence-electron chi connectivity index (χ1n) is 6.49. The first-order valence-corrected chi connectivity index (χ1v) is 6.49. The van der Waals surface area contributed by atoms with Gasteiger partial charge in [0.15, 0.2) is 0 Å². The fourth-order valence-corrected chi connectivity index (χ4v) is 2.01. The molecule has 0 aliphatic rings. The van der Waals surface area contributed by atoms with Crippen molar-refractivity contribution in [2.45, 2.75) is 26.1 Å². The maximum Gasteiger partial charge on any atom is 0.136 e. The minimum Gasteiger partial charge on any atom is -0.495 e. The standard InChI is InChI=1S/C15H18N4O/c1-12(10-19-6-5-17-11-19)18-9-13-3-4-14(8-16)15(7-13)20-2/h3-7,11-12,18H,9-10H2,1-2H3. The highest BCUT2D eigenvalue weighted by Gasteiger charge is 2.06. The minimum absolute atomic E-state index is 0.325. The quantitative estimate of drug-likeness (QED) is 0.871. The van der Waals surface area contributed by atoms with Gasteiger partial charge in [-0.25, -0.2) is 4.98 Å². The molecule has 5 nitrogen and oxygen atoms in total. The van der Waals surface area contributed by atoms with Crippen LogP contribution in [-0.2, 0) is 13.1 Å². The van der Waals surface area contributed by atoms with Crippen molar-refractivity contribution < 1.29 is 4.74 Å². The van der Waals surface area contributed by atoms with Gasteiger partial charge in [-0.15, -0.1) is 0 Å². The number of ether oxygens (including phenoxy) is 1. The number of hydrogen-bond acceptors (Lipinski definition) is 4. The summed E-state index contributed by atoms with van der Waals surface area (Å²) in [6.07, 6.45) is 5.53. The van der Waals surface area contributed by atoms with Crippen molar-refractivity contribution in [1.82, 2.24) is 14.9 Å². The average molecular weight is 270 g/mol. The summed E-state index contributed by atoms with van der Waals surface area (Å²) in [4.78, 5) is 4.02. The molecule has 0 aliphatic carbocycles. The van der Waals surface area contributed by atoms with E-state index in [1.807, 2.05) is 29.2 Å². The Labute approximate surface area is 118 Å². The van der Waals surface area contributed by atoms with Crippen molar-refractivity contribution in [2.24, 2.45) is 0 Å². The lowest BCUT2D eigenvalue weighted by atomic mass is 10.1. The summed E-state index contributed by atoms with van der Waals surface area (Å²) < 4.78 is 7.24. The number of rotatable bonds is 6. The van der Waals surface area contributed by atoms with Gasteiger partial charge in [0.2, 0.25) is 0 Å². The lowest BCUT2D eigenvalue weighted by Crippen LogP contribution is -2.29. The Morgan fingerprint density at radius 3 is 3.00 bits per heavy atom. The largest absolute Gasteiger partial charge is 0.495 e. The first kappa shape index (κ1) is 14.1. The molecule has 1 unspecified atom stereocenters. The molecule has 2 rings (SSSR count). The molecule has 0 saturated heterocycles. The van der Waals surface area contributed by atoms with Gasteiger partial charge in [0.05, 0.1) is 19.0 Å². The molecule has 1 aromatic carbocycles. The smallest absolute Gasteiger partial charge is 0.136 e. The zero-order valence-corrected chi connectivity index (χ0v) is 11.7. The van der Waals surface area contributed by atoms with E-state index < -0.39 is 0 Å². The van der Waals surface area contributed by atoms with Crippen molar-refractivity contribution in [3.63, 3.8) is 0 Å². The van der Waals surface area contributed by atoms with Crippen LogP contribution in [0.2, 0.25) is 0 Å². The number of nitriles is 1. The number of hydrogen-bond donors (Lipinski definition) is 1. The lowest BCUT2D eigenvalue weighted by molar-refractivity contribution is 0.412. The van der Waals surface area contributed by atoms with E-state index in [4.69, 9.17) is 10.00 Å². The predicted molar refractivity (Wildman–Crippen MR) is 76.2 cm³/mol. The van der Waals surface area contributed by atoms with Crippen molar-refractivity contribution in [3.8, 4) is 11.8 Å². The van der Waals surface area contributed by atoms with E-state index in [0.29, 0.717) is 17.4 Å². The van der Waals surface area contributed by atoms with Crippen molar-refractivity contribution in [2.75, 3.05) is 7.11 Å². The van der Waals surface area contributed by atoms with E-state index in [2.05, 4.69) is 23.3 Å². The third-order valence-corrected chi connectivity index (χ3v) is 3.08. The van der Waals surface area contributed by atoms with Gasteiger partial charge in [0.1, 0.15) is 11.8 Å². The normalized spacial score (nSPS) is 11.8. The fourth-order valence-electron chi connectivity index (χ4n) is 2.01. The van der Waals surface area contributed by atoms with Gasteiger partial charge in [-0.3, -0.25) is 0 Å². The Morgan fingerprint density at radius 2 is 2.35 bits per heavy atom. The van der Waals surface area contributed by atoms with Gasteiger partial charge < -0.3 is 14.6 Å². The molecule has 1 atom stereocenters. The molecule has 5 heteroatoms. The summed E-state index contributed by atoms with van der Waals surface area (Å²) in [6, 6.07) is 8.07. The Morgan fingerprint density at radius 1 is 1.50 bits per heavy atom. The summed E-state index contributed by atoms with van der Waals surface area (Å²) >= 11 is 0. The molecule has 104 valence electrons. The SMILES string of the molecule is COc1cc(CNC(C)Cn2ccnc2)ccc1C#N. The van der Waals surface area contributed by atoms with Gasteiger partial charge in [0.25, 0.3) is 0 Å². The molecule has 0 amide bonds. The molecule has 0 bridgehead atoms. The van der Waals surface area contributed by atoms with E-state index in [1.54, 1.807) is 19.4 Å². The lowest BCUT2D eigenvalue weighted by Gasteiger charge is -2.15. The number of imidazole rings is 1. The van der Waals surface area contributed by atoms with Gasteiger partial charge in [-0.1, -0.05) is 6.07 Å². The van der Waals surface area contributed by atoms with E-state index in [0.717, 1.165) is 18.7 Å². The first-order chi connectivity index (χ1) is 9.72. The van der Waals surface area contributed by atoms with E-state index in [-0.39, 0.29) is 0 Å². The Kier molecular flexibility index (Phi) is 4.75. The van der Waals surface area contributed by atoms with Gasteiger partial charge in [-0.05, 0) is 24.6 Å². The highest BCUT2D eigenvalue weighted by Crippen LogP contribution is 2.19. The highest BCUT2D eigenvalue weighted by atomic mass is 16.5. The molecule has 0 aliphatic heterocycles. The Balaban J connectivity index is 1.92. The molecule has 0 fully saturated rings. The summed E-state index contributed by atoms with van der Waals surface area (Å²) in [5, 5.41) is 12.4. The third kappa shape index (κ3) is 3.59. The molecular weight excluding hydrogens is 252 g/mol. The maximum absolute atomic E-state index is 8.95. The molecule has 0 saturated carbocycles. The molecule has 1 heterocycles. The van der Waals surface area contributed by atoms with Crippen LogP contribution in [0.15, 0.2) is 36.9 Å². The van der Waals surface area contributed by atoms with Crippen LogP contribution in [0.4, 0.5) is 0 Å². The molecule has 20 heavy (non-hydrogen) atoms. The fraction of sp³-hybridized carbons (Fsp3) is 0.333. The zero-order valence-electron chi connectivity index (χ0n) is 11.7. The van der Waals surface area contributed by atoms with Crippen LogP contribution in [0.5, 0.6) is 5.75 Å². The van der Waals surface area contributed by atoms with E-state index in [1.165, 1.54) is 0 Å². The van der Waals surface area contributed by atoms with Crippen LogP contribution in [0, 0.1) is 11.3 Å². The number of nitrogens with one attached hydrogen (secondary N) is 1. The monoisotopic (exact) mass is 270 g/mol. The van der Waals surface area contributed by atoms with Gasteiger partial charge in [-0.2, -0.15) is 5.26 Å². The van der Waals surface area contributed by atoms with Crippen LogP contribution in [0.25, 0.3) is 0 Å². The van der Waals surface area contributed by atoms with Crippen LogP contribution in [0.3, 0.4) is 0 Å². The minimum atomic E-state index is 0.325. The Bertz CT molecular complexity index is 586. The van der Waals surface area contributed by atoms with Crippen LogP contribution in [-0.4, -0.2) is 22.7 Å². The molecule has 0 radical (unpaired) electrons. The maximum atomic E-state index is 8.95. The number of nitrogens with zero attached hydrogens (tertiary/aromatic N) is 3. The van der Waals surface area contributed by atoms with E-state index >= 15 is 0 Å². The second-order valence-electron chi connectivity index (χ2n) is 4.69. The topological polar surface area (TPSA) is 62.9 Å². The van der Waals surface area contributed by atoms with Crippen LogP contribution in [0.1, 0.15) is 18.1 Å². The number of methoxy groups -OCH3 is 1. The zero-order chi connectivity index (χ0) is 14.4. The number of aromatic nitrogens is 2. The van der Waals surface area contributed by atoms with Crippen molar-refractivity contribution in [3.05, 3.63) is 48.0 Å². The number of benzene rings is 1. The summed E-state index contributed by atoms with van der Waals surface area (Å²) in [6.45, 7) is 3.73. The van der Waals surface area contributed by atoms with Crippen LogP contribution < -0.4 is 10.1 Å². The second kappa shape index (κ2) is 6.73. The molecule has 0 spiro atoms. The Hall–Kier alpha value is -2.32. The van der Waals surface area contributed by atoms with Crippen molar-refractivity contribution in [1.29, 1.82) is 5.26 Å². The van der Waals surface area contributed by atoms with Crippen LogP contribution >= 0.6 is 0 Å². The summed E-state index contributed by atoms with van der Waals surface area (Å²) in [5.41, 5.74) is 1.65. The van der Waals surface area contributed by atoms with Gasteiger partial charge >= 0.3 is 0 Å². The highest BCUT2D eigenvalue weighted by molar-refractivity contribution is 5.45. The summed E-state index contributed by atoms with van der Waals surface area (Å²) in [7, 11) is 1.58. The van der Waals surface area contributed by atoms with Gasteiger partial charge in [0, 0.05) is 31.5 Å². The molecule has 1 aromatic heterocycles. The second-order valence-corrected chi connectivity index (χ2v) is 4.69. The average Bonchev–Trinajstić information content (AvgIpc) is 2.97. The van der Waals surface area contributed by atoms with E-state index in [9.17, 15) is 0 Å². The van der Waals surface area contributed by atoms with Crippen molar-refractivity contribution >= 4 is 0 Å². The third-order valence-electron chi connectivity index (χ3n) is 3.08.